The number of rotatable bonds is 3. The zero-order chi connectivity index (χ0) is 13.9. The van der Waals surface area contributed by atoms with Gasteiger partial charge in [0.1, 0.15) is 0 Å². The molecule has 1 saturated carbocycles. The van der Waals surface area contributed by atoms with E-state index in [1.165, 1.54) is 48.4 Å². The van der Waals surface area contributed by atoms with Crippen molar-refractivity contribution in [3.63, 3.8) is 0 Å². The Morgan fingerprint density at radius 2 is 1.70 bits per heavy atom. The van der Waals surface area contributed by atoms with Crippen LogP contribution in [0.15, 0.2) is 36.4 Å². The third-order valence-electron chi connectivity index (χ3n) is 4.63. The van der Waals surface area contributed by atoms with E-state index in [1.807, 2.05) is 0 Å². The third kappa shape index (κ3) is 2.80. The van der Waals surface area contributed by atoms with Crippen LogP contribution in [0.2, 0.25) is 0 Å². The summed E-state index contributed by atoms with van der Waals surface area (Å²) in [5.74, 6) is 0. The topological polar surface area (TPSA) is 29.3 Å². The fraction of sp³-hybridized carbons (Fsp3) is 0.444. The van der Waals surface area contributed by atoms with E-state index in [2.05, 4.69) is 48.3 Å². The predicted molar refractivity (Wildman–Crippen MR) is 86.7 cm³/mol. The molecule has 2 aromatic carbocycles. The van der Waals surface area contributed by atoms with E-state index >= 15 is 0 Å². The molecule has 0 radical (unpaired) electrons. The summed E-state index contributed by atoms with van der Waals surface area (Å²) in [6.45, 7) is 0.960. The third-order valence-corrected chi connectivity index (χ3v) is 4.63. The van der Waals surface area contributed by atoms with Crippen LogP contribution in [0.5, 0.6) is 0 Å². The molecule has 2 N–H and O–H groups in total. The molecule has 0 amide bonds. The minimum absolute atomic E-state index is 0.731. The fourth-order valence-corrected chi connectivity index (χ4v) is 3.36. The van der Waals surface area contributed by atoms with Gasteiger partial charge in [0, 0.05) is 18.3 Å². The molecule has 1 fully saturated rings. The van der Waals surface area contributed by atoms with E-state index in [4.69, 9.17) is 5.73 Å². The van der Waals surface area contributed by atoms with Crippen LogP contribution >= 0.6 is 0 Å². The molecule has 0 heterocycles. The number of benzene rings is 2. The quantitative estimate of drug-likeness (QED) is 0.846. The van der Waals surface area contributed by atoms with Crippen molar-refractivity contribution in [2.75, 3.05) is 12.8 Å². The number of hydrogen-bond donors (Lipinski definition) is 1. The van der Waals surface area contributed by atoms with Crippen molar-refractivity contribution in [1.29, 1.82) is 0 Å². The average molecular weight is 268 g/mol. The van der Waals surface area contributed by atoms with Crippen LogP contribution in [-0.4, -0.2) is 18.0 Å². The molecule has 0 aliphatic heterocycles. The summed E-state index contributed by atoms with van der Waals surface area (Å²) < 4.78 is 0. The maximum absolute atomic E-state index is 6.24. The SMILES string of the molecule is CN(Cc1cc2ccccc2cc1N)C1CCCCC1. The lowest BCUT2D eigenvalue weighted by atomic mass is 9.94. The first-order valence-electron chi connectivity index (χ1n) is 7.71. The summed E-state index contributed by atoms with van der Waals surface area (Å²) in [6.07, 6.45) is 6.83. The molecular weight excluding hydrogens is 244 g/mol. The van der Waals surface area contributed by atoms with Crippen molar-refractivity contribution in [3.05, 3.63) is 42.0 Å². The van der Waals surface area contributed by atoms with Crippen LogP contribution in [0, 0.1) is 0 Å². The molecule has 2 nitrogen and oxygen atoms in total. The highest BCUT2D eigenvalue weighted by Crippen LogP contribution is 2.26. The van der Waals surface area contributed by atoms with Crippen molar-refractivity contribution in [1.82, 2.24) is 4.90 Å². The monoisotopic (exact) mass is 268 g/mol. The van der Waals surface area contributed by atoms with Crippen molar-refractivity contribution in [2.45, 2.75) is 44.7 Å². The van der Waals surface area contributed by atoms with Gasteiger partial charge in [0.2, 0.25) is 0 Å². The smallest absolute Gasteiger partial charge is 0.0366 e. The molecule has 0 unspecified atom stereocenters. The Morgan fingerprint density at radius 3 is 2.40 bits per heavy atom. The molecule has 2 heteroatoms. The van der Waals surface area contributed by atoms with Gasteiger partial charge in [0.25, 0.3) is 0 Å². The average Bonchev–Trinajstić information content (AvgIpc) is 2.49. The lowest BCUT2D eigenvalue weighted by Gasteiger charge is -2.31. The molecule has 0 atom stereocenters. The maximum Gasteiger partial charge on any atom is 0.0366 e. The minimum Gasteiger partial charge on any atom is -0.398 e. The maximum atomic E-state index is 6.24. The Kier molecular flexibility index (Phi) is 3.93. The van der Waals surface area contributed by atoms with Gasteiger partial charge in [-0.2, -0.15) is 0 Å². The van der Waals surface area contributed by atoms with E-state index in [1.54, 1.807) is 0 Å². The van der Waals surface area contributed by atoms with E-state index in [0.717, 1.165) is 18.3 Å². The lowest BCUT2D eigenvalue weighted by molar-refractivity contribution is 0.185. The highest BCUT2D eigenvalue weighted by atomic mass is 15.1. The first-order chi connectivity index (χ1) is 9.74. The van der Waals surface area contributed by atoms with Crippen LogP contribution in [0.4, 0.5) is 5.69 Å². The molecule has 106 valence electrons. The number of hydrogen-bond acceptors (Lipinski definition) is 2. The summed E-state index contributed by atoms with van der Waals surface area (Å²) in [5, 5.41) is 2.52. The van der Waals surface area contributed by atoms with Crippen molar-refractivity contribution >= 4 is 16.5 Å². The van der Waals surface area contributed by atoms with Gasteiger partial charge in [0.15, 0.2) is 0 Å². The second kappa shape index (κ2) is 5.84. The van der Waals surface area contributed by atoms with Crippen molar-refractivity contribution in [2.24, 2.45) is 0 Å². The Bertz CT molecular complexity index is 585. The number of fused-ring (bicyclic) bond motifs is 1. The number of anilines is 1. The van der Waals surface area contributed by atoms with Gasteiger partial charge >= 0.3 is 0 Å². The molecule has 3 rings (SSSR count). The van der Waals surface area contributed by atoms with Crippen molar-refractivity contribution < 1.29 is 0 Å². The van der Waals surface area contributed by atoms with Crippen LogP contribution in [0.25, 0.3) is 10.8 Å². The van der Waals surface area contributed by atoms with Crippen LogP contribution in [0.3, 0.4) is 0 Å². The standard InChI is InChI=1S/C18H24N2/c1-20(17-9-3-2-4-10-17)13-16-11-14-7-5-6-8-15(14)12-18(16)19/h5-8,11-12,17H,2-4,9-10,13,19H2,1H3. The van der Waals surface area contributed by atoms with Gasteiger partial charge in [-0.3, -0.25) is 4.90 Å². The second-order valence-electron chi connectivity index (χ2n) is 6.11. The first-order valence-corrected chi connectivity index (χ1v) is 7.71. The predicted octanol–water partition coefficient (Wildman–Crippen LogP) is 4.19. The summed E-state index contributed by atoms with van der Waals surface area (Å²) in [6, 6.07) is 13.5. The van der Waals surface area contributed by atoms with E-state index in [-0.39, 0.29) is 0 Å². The molecular formula is C18H24N2. The molecule has 0 saturated heterocycles. The Morgan fingerprint density at radius 1 is 1.05 bits per heavy atom. The number of nitrogen functional groups attached to an aromatic ring is 1. The highest BCUT2D eigenvalue weighted by Gasteiger charge is 2.18. The first kappa shape index (κ1) is 13.4. The Balaban J connectivity index is 1.80. The molecule has 2 aromatic rings. The van der Waals surface area contributed by atoms with Gasteiger partial charge in [-0.05, 0) is 48.4 Å². The molecule has 1 aliphatic carbocycles. The summed E-state index contributed by atoms with van der Waals surface area (Å²) in [4.78, 5) is 2.49. The van der Waals surface area contributed by atoms with Gasteiger partial charge in [-0.1, -0.05) is 43.5 Å². The minimum atomic E-state index is 0.731. The van der Waals surface area contributed by atoms with Crippen LogP contribution in [-0.2, 0) is 6.54 Å². The molecule has 20 heavy (non-hydrogen) atoms. The Labute approximate surface area is 121 Å². The normalized spacial score (nSPS) is 16.9. The second-order valence-corrected chi connectivity index (χ2v) is 6.11. The summed E-state index contributed by atoms with van der Waals surface area (Å²) in [5.41, 5.74) is 8.42. The van der Waals surface area contributed by atoms with Gasteiger partial charge in [-0.25, -0.2) is 0 Å². The number of nitrogens with zero attached hydrogens (tertiary/aromatic N) is 1. The van der Waals surface area contributed by atoms with E-state index in [0.29, 0.717) is 0 Å². The fourth-order valence-electron chi connectivity index (χ4n) is 3.36. The van der Waals surface area contributed by atoms with E-state index < -0.39 is 0 Å². The van der Waals surface area contributed by atoms with E-state index in [9.17, 15) is 0 Å². The summed E-state index contributed by atoms with van der Waals surface area (Å²) >= 11 is 0. The van der Waals surface area contributed by atoms with Crippen LogP contribution < -0.4 is 5.73 Å². The van der Waals surface area contributed by atoms with Crippen LogP contribution in [0.1, 0.15) is 37.7 Å². The number of nitrogens with two attached hydrogens (primary N) is 1. The van der Waals surface area contributed by atoms with Gasteiger partial charge in [-0.15, -0.1) is 0 Å². The lowest BCUT2D eigenvalue weighted by Crippen LogP contribution is -2.33. The van der Waals surface area contributed by atoms with Crippen molar-refractivity contribution in [3.8, 4) is 0 Å². The molecule has 0 spiro atoms. The largest absolute Gasteiger partial charge is 0.398 e. The molecule has 0 bridgehead atoms. The zero-order valence-electron chi connectivity index (χ0n) is 12.3. The van der Waals surface area contributed by atoms with Gasteiger partial charge < -0.3 is 5.73 Å². The van der Waals surface area contributed by atoms with Gasteiger partial charge in [0.05, 0.1) is 0 Å². The molecule has 0 aromatic heterocycles. The summed E-state index contributed by atoms with van der Waals surface area (Å²) in [7, 11) is 2.24. The molecule has 1 aliphatic rings. The highest BCUT2D eigenvalue weighted by molar-refractivity contribution is 5.86. The Hall–Kier alpha value is -1.54. The zero-order valence-corrected chi connectivity index (χ0v) is 12.3.